The van der Waals surface area contributed by atoms with Crippen molar-refractivity contribution in [3.8, 4) is 0 Å². The molecule has 136 valence electrons. The Morgan fingerprint density at radius 1 is 0.885 bits per heavy atom. The van der Waals surface area contributed by atoms with Crippen LogP contribution in [-0.2, 0) is 4.79 Å². The monoisotopic (exact) mass is 348 g/mol. The first-order chi connectivity index (χ1) is 12.7. The van der Waals surface area contributed by atoms with E-state index >= 15 is 0 Å². The predicted octanol–water partition coefficient (Wildman–Crippen LogP) is 4.58. The van der Waals surface area contributed by atoms with E-state index in [0.29, 0.717) is 12.5 Å². The van der Waals surface area contributed by atoms with Crippen molar-refractivity contribution in [1.82, 2.24) is 5.32 Å². The molecule has 6 rings (SSSR count). The molecule has 0 aliphatic heterocycles. The third-order valence-electron chi connectivity index (χ3n) is 7.04. The van der Waals surface area contributed by atoms with Crippen molar-refractivity contribution >= 4 is 22.4 Å². The van der Waals surface area contributed by atoms with E-state index in [1.165, 1.54) is 30.0 Å². The van der Waals surface area contributed by atoms with E-state index in [0.717, 1.165) is 49.2 Å². The van der Waals surface area contributed by atoms with Gasteiger partial charge in [-0.05, 0) is 67.7 Å². The molecular formula is C23H28N2O. The number of rotatable bonds is 5. The summed E-state index contributed by atoms with van der Waals surface area (Å²) in [7, 11) is 0. The smallest absolute Gasteiger partial charge is 0.226 e. The van der Waals surface area contributed by atoms with Crippen LogP contribution in [0, 0.1) is 23.2 Å². The lowest BCUT2D eigenvalue weighted by Gasteiger charge is -2.55. The van der Waals surface area contributed by atoms with Crippen LogP contribution >= 0.6 is 0 Å². The molecule has 4 fully saturated rings. The molecule has 0 aromatic heterocycles. The van der Waals surface area contributed by atoms with Crippen LogP contribution < -0.4 is 10.6 Å². The largest absolute Gasteiger partial charge is 0.383 e. The number of anilines is 1. The fourth-order valence-electron chi connectivity index (χ4n) is 6.33. The summed E-state index contributed by atoms with van der Waals surface area (Å²) in [5.74, 6) is 2.79. The summed E-state index contributed by atoms with van der Waals surface area (Å²) in [4.78, 5) is 13.0. The Hall–Kier alpha value is -2.03. The molecule has 0 atom stereocenters. The van der Waals surface area contributed by atoms with E-state index in [2.05, 4.69) is 53.1 Å². The third-order valence-corrected chi connectivity index (χ3v) is 7.04. The van der Waals surface area contributed by atoms with E-state index in [4.69, 9.17) is 0 Å². The second-order valence-corrected chi connectivity index (χ2v) is 8.91. The number of amides is 1. The molecule has 2 aromatic rings. The molecule has 1 amide bonds. The van der Waals surface area contributed by atoms with Gasteiger partial charge in [-0.1, -0.05) is 36.4 Å². The highest BCUT2D eigenvalue weighted by Gasteiger charge is 2.54. The van der Waals surface area contributed by atoms with Crippen molar-refractivity contribution in [2.45, 2.75) is 38.5 Å². The number of hydrogen-bond acceptors (Lipinski definition) is 2. The van der Waals surface area contributed by atoms with Gasteiger partial charge in [-0.2, -0.15) is 0 Å². The number of carbonyl (C=O) groups is 1. The minimum Gasteiger partial charge on any atom is -0.383 e. The summed E-state index contributed by atoms with van der Waals surface area (Å²) in [5, 5.41) is 9.24. The van der Waals surface area contributed by atoms with Crippen LogP contribution in [-0.4, -0.2) is 19.0 Å². The SMILES string of the molecule is O=C(NCCNc1cccc2ccccc12)C12CC3CC(CC(C3)C1)C2. The third kappa shape index (κ3) is 2.78. The maximum absolute atomic E-state index is 13.0. The summed E-state index contributed by atoms with van der Waals surface area (Å²) < 4.78 is 0. The van der Waals surface area contributed by atoms with E-state index in [1.807, 2.05) is 0 Å². The quantitative estimate of drug-likeness (QED) is 0.776. The molecule has 2 N–H and O–H groups in total. The molecular weight excluding hydrogens is 320 g/mol. The number of benzene rings is 2. The van der Waals surface area contributed by atoms with Crippen molar-refractivity contribution in [3.05, 3.63) is 42.5 Å². The summed E-state index contributed by atoms with van der Waals surface area (Å²) in [6, 6.07) is 14.7. The summed E-state index contributed by atoms with van der Waals surface area (Å²) >= 11 is 0. The molecule has 3 heteroatoms. The molecule has 4 aliphatic rings. The van der Waals surface area contributed by atoms with Gasteiger partial charge in [0.25, 0.3) is 0 Å². The Morgan fingerprint density at radius 3 is 2.27 bits per heavy atom. The van der Waals surface area contributed by atoms with E-state index < -0.39 is 0 Å². The van der Waals surface area contributed by atoms with Gasteiger partial charge in [0.1, 0.15) is 0 Å². The van der Waals surface area contributed by atoms with Crippen LogP contribution in [0.3, 0.4) is 0 Å². The van der Waals surface area contributed by atoms with Gasteiger partial charge in [-0.15, -0.1) is 0 Å². The van der Waals surface area contributed by atoms with Crippen molar-refractivity contribution in [3.63, 3.8) is 0 Å². The van der Waals surface area contributed by atoms with Gasteiger partial charge in [-0.3, -0.25) is 4.79 Å². The normalized spacial score (nSPS) is 31.9. The van der Waals surface area contributed by atoms with Gasteiger partial charge in [0, 0.05) is 29.6 Å². The van der Waals surface area contributed by atoms with Crippen LogP contribution in [0.15, 0.2) is 42.5 Å². The molecule has 4 aliphatic carbocycles. The second kappa shape index (κ2) is 6.29. The Morgan fingerprint density at radius 2 is 1.54 bits per heavy atom. The maximum Gasteiger partial charge on any atom is 0.226 e. The second-order valence-electron chi connectivity index (χ2n) is 8.91. The molecule has 4 bridgehead atoms. The summed E-state index contributed by atoms with van der Waals surface area (Å²) in [6.45, 7) is 1.47. The van der Waals surface area contributed by atoms with Crippen LogP contribution in [0.2, 0.25) is 0 Å². The zero-order valence-corrected chi connectivity index (χ0v) is 15.3. The van der Waals surface area contributed by atoms with Crippen LogP contribution in [0.1, 0.15) is 38.5 Å². The van der Waals surface area contributed by atoms with E-state index in [-0.39, 0.29) is 5.41 Å². The van der Waals surface area contributed by atoms with Crippen molar-refractivity contribution in [2.24, 2.45) is 23.2 Å². The Balaban J connectivity index is 1.19. The number of fused-ring (bicyclic) bond motifs is 1. The standard InChI is InChI=1S/C23H28N2O/c26-22(23-13-16-10-17(14-23)12-18(11-16)15-23)25-9-8-24-21-7-3-5-19-4-1-2-6-20(19)21/h1-7,16-18,24H,8-15H2,(H,25,26). The van der Waals surface area contributed by atoms with E-state index in [9.17, 15) is 4.79 Å². The van der Waals surface area contributed by atoms with Crippen LogP contribution in [0.5, 0.6) is 0 Å². The lowest BCUT2D eigenvalue weighted by Crippen LogP contribution is -2.54. The van der Waals surface area contributed by atoms with Gasteiger partial charge in [0.05, 0.1) is 0 Å². The Labute approximate surface area is 155 Å². The van der Waals surface area contributed by atoms with Crippen molar-refractivity contribution in [2.75, 3.05) is 18.4 Å². The zero-order chi connectivity index (χ0) is 17.6. The molecule has 0 saturated heterocycles. The maximum atomic E-state index is 13.0. The molecule has 0 spiro atoms. The summed E-state index contributed by atoms with van der Waals surface area (Å²) in [6.07, 6.45) is 7.57. The highest BCUT2D eigenvalue weighted by atomic mass is 16.2. The van der Waals surface area contributed by atoms with Crippen LogP contribution in [0.25, 0.3) is 10.8 Å². The molecule has 0 unspecified atom stereocenters. The average molecular weight is 348 g/mol. The predicted molar refractivity (Wildman–Crippen MR) is 106 cm³/mol. The van der Waals surface area contributed by atoms with E-state index in [1.54, 1.807) is 0 Å². The van der Waals surface area contributed by atoms with Crippen molar-refractivity contribution in [1.29, 1.82) is 0 Å². The van der Waals surface area contributed by atoms with Gasteiger partial charge in [0.2, 0.25) is 5.91 Å². The number of carbonyl (C=O) groups excluding carboxylic acids is 1. The van der Waals surface area contributed by atoms with Gasteiger partial charge < -0.3 is 10.6 Å². The molecule has 26 heavy (non-hydrogen) atoms. The minimum atomic E-state index is -0.0335. The highest BCUT2D eigenvalue weighted by molar-refractivity contribution is 5.93. The lowest BCUT2D eigenvalue weighted by molar-refractivity contribution is -0.146. The minimum absolute atomic E-state index is 0.0335. The van der Waals surface area contributed by atoms with Gasteiger partial charge in [0.15, 0.2) is 0 Å². The zero-order valence-electron chi connectivity index (χ0n) is 15.3. The topological polar surface area (TPSA) is 41.1 Å². The first-order valence-electron chi connectivity index (χ1n) is 10.2. The molecule has 0 heterocycles. The van der Waals surface area contributed by atoms with Gasteiger partial charge >= 0.3 is 0 Å². The van der Waals surface area contributed by atoms with Crippen molar-refractivity contribution < 1.29 is 4.79 Å². The fourth-order valence-corrected chi connectivity index (χ4v) is 6.33. The first kappa shape index (κ1) is 16.2. The Kier molecular flexibility index (Phi) is 3.91. The highest BCUT2D eigenvalue weighted by Crippen LogP contribution is 2.60. The molecule has 3 nitrogen and oxygen atoms in total. The van der Waals surface area contributed by atoms with Gasteiger partial charge in [-0.25, -0.2) is 0 Å². The fraction of sp³-hybridized carbons (Fsp3) is 0.522. The summed E-state index contributed by atoms with van der Waals surface area (Å²) in [5.41, 5.74) is 1.11. The lowest BCUT2D eigenvalue weighted by atomic mass is 9.49. The number of nitrogens with one attached hydrogen (secondary N) is 2. The molecule has 2 aromatic carbocycles. The molecule has 4 saturated carbocycles. The molecule has 0 radical (unpaired) electrons. The van der Waals surface area contributed by atoms with Crippen LogP contribution in [0.4, 0.5) is 5.69 Å². The first-order valence-corrected chi connectivity index (χ1v) is 10.2. The number of hydrogen-bond donors (Lipinski definition) is 2. The average Bonchev–Trinajstić information content (AvgIpc) is 2.64. The Bertz CT molecular complexity index is 787.